The van der Waals surface area contributed by atoms with Crippen LogP contribution in [0.2, 0.25) is 0 Å². The maximum atomic E-state index is 12.7. The van der Waals surface area contributed by atoms with E-state index in [1.165, 1.54) is 19.1 Å². The molecule has 1 aromatic carbocycles. The molecule has 0 saturated carbocycles. The van der Waals surface area contributed by atoms with E-state index in [1.54, 1.807) is 5.92 Å². The predicted molar refractivity (Wildman–Crippen MR) is 54.3 cm³/mol. The van der Waals surface area contributed by atoms with E-state index in [0.717, 1.165) is 12.1 Å². The van der Waals surface area contributed by atoms with Crippen molar-refractivity contribution >= 4 is 5.69 Å². The van der Waals surface area contributed by atoms with Crippen molar-refractivity contribution < 1.29 is 18.3 Å². The summed E-state index contributed by atoms with van der Waals surface area (Å²) < 4.78 is 38.1. The summed E-state index contributed by atoms with van der Waals surface area (Å²) in [5, 5.41) is 9.59. The van der Waals surface area contributed by atoms with Crippen LogP contribution < -0.4 is 5.73 Å². The number of nitrogens with two attached hydrogens (primary N) is 1. The lowest BCUT2D eigenvalue weighted by molar-refractivity contribution is -0.240. The van der Waals surface area contributed by atoms with Gasteiger partial charge in [-0.3, -0.25) is 0 Å². The van der Waals surface area contributed by atoms with Crippen LogP contribution in [0.1, 0.15) is 12.5 Å². The van der Waals surface area contributed by atoms with E-state index in [-0.39, 0.29) is 11.3 Å². The molecule has 0 radical (unpaired) electrons. The van der Waals surface area contributed by atoms with Gasteiger partial charge in [-0.25, -0.2) is 0 Å². The number of benzene rings is 1. The molecular weight excluding hydrogens is 219 g/mol. The molecule has 0 aliphatic rings. The quantitative estimate of drug-likeness (QED) is 0.571. The third kappa shape index (κ3) is 2.12. The van der Waals surface area contributed by atoms with Crippen LogP contribution in [0.5, 0.6) is 0 Å². The standard InChI is InChI=1S/C11H10F3NO/c1-2-6-10(16,11(12,13)14)8-4-3-5-9(15)7-8/h3-5,7,16H,15H2,1H3. The second kappa shape index (κ2) is 4.06. The average molecular weight is 229 g/mol. The molecule has 1 unspecified atom stereocenters. The molecule has 0 amide bonds. The molecule has 0 aliphatic carbocycles. The third-order valence-electron chi connectivity index (χ3n) is 2.02. The van der Waals surface area contributed by atoms with Crippen LogP contribution in [0, 0.1) is 11.8 Å². The second-order valence-electron chi connectivity index (χ2n) is 3.21. The number of aliphatic hydroxyl groups is 1. The molecule has 16 heavy (non-hydrogen) atoms. The number of anilines is 1. The van der Waals surface area contributed by atoms with Crippen LogP contribution in [0.25, 0.3) is 0 Å². The fourth-order valence-corrected chi connectivity index (χ4v) is 1.25. The Bertz CT molecular complexity index is 445. The Morgan fingerprint density at radius 1 is 1.31 bits per heavy atom. The first kappa shape index (κ1) is 12.4. The molecule has 86 valence electrons. The zero-order valence-electron chi connectivity index (χ0n) is 8.47. The van der Waals surface area contributed by atoms with Gasteiger partial charge in [0.15, 0.2) is 0 Å². The van der Waals surface area contributed by atoms with Crippen molar-refractivity contribution in [2.75, 3.05) is 5.73 Å². The first-order chi connectivity index (χ1) is 7.31. The van der Waals surface area contributed by atoms with E-state index in [2.05, 4.69) is 5.92 Å². The van der Waals surface area contributed by atoms with Gasteiger partial charge in [0, 0.05) is 11.3 Å². The van der Waals surface area contributed by atoms with Crippen LogP contribution >= 0.6 is 0 Å². The molecule has 0 bridgehead atoms. The lowest BCUT2D eigenvalue weighted by atomic mass is 9.93. The number of hydrogen-bond donors (Lipinski definition) is 2. The van der Waals surface area contributed by atoms with Crippen LogP contribution in [-0.2, 0) is 5.60 Å². The first-order valence-corrected chi connectivity index (χ1v) is 4.40. The largest absolute Gasteiger partial charge is 0.433 e. The zero-order valence-corrected chi connectivity index (χ0v) is 8.47. The van der Waals surface area contributed by atoms with Crippen molar-refractivity contribution in [1.82, 2.24) is 0 Å². The van der Waals surface area contributed by atoms with Crippen molar-refractivity contribution in [3.05, 3.63) is 29.8 Å². The average Bonchev–Trinajstić information content (AvgIpc) is 2.16. The molecule has 0 heterocycles. The van der Waals surface area contributed by atoms with Gasteiger partial charge in [-0.05, 0) is 19.1 Å². The lowest BCUT2D eigenvalue weighted by Gasteiger charge is -2.25. The molecular formula is C11H10F3NO. The molecule has 0 spiro atoms. The number of alkyl halides is 3. The van der Waals surface area contributed by atoms with Gasteiger partial charge in [0.25, 0.3) is 0 Å². The van der Waals surface area contributed by atoms with Crippen LogP contribution in [-0.4, -0.2) is 11.3 Å². The lowest BCUT2D eigenvalue weighted by Crippen LogP contribution is -2.41. The van der Waals surface area contributed by atoms with Crippen molar-refractivity contribution in [3.63, 3.8) is 0 Å². The molecule has 3 N–H and O–H groups in total. The molecule has 0 aliphatic heterocycles. The van der Waals surface area contributed by atoms with Crippen molar-refractivity contribution in [2.24, 2.45) is 0 Å². The van der Waals surface area contributed by atoms with Crippen LogP contribution in [0.4, 0.5) is 18.9 Å². The maximum absolute atomic E-state index is 12.7. The van der Waals surface area contributed by atoms with Gasteiger partial charge in [0.1, 0.15) is 0 Å². The van der Waals surface area contributed by atoms with Gasteiger partial charge in [-0.2, -0.15) is 13.2 Å². The highest BCUT2D eigenvalue weighted by Crippen LogP contribution is 2.38. The van der Waals surface area contributed by atoms with E-state index in [9.17, 15) is 18.3 Å². The molecule has 2 nitrogen and oxygen atoms in total. The summed E-state index contributed by atoms with van der Waals surface area (Å²) in [4.78, 5) is 0. The summed E-state index contributed by atoms with van der Waals surface area (Å²) in [5.74, 6) is 3.84. The topological polar surface area (TPSA) is 46.2 Å². The Hall–Kier alpha value is -1.67. The van der Waals surface area contributed by atoms with Gasteiger partial charge >= 0.3 is 6.18 Å². The SMILES string of the molecule is CC#CC(O)(c1cccc(N)c1)C(F)(F)F. The zero-order chi connectivity index (χ0) is 12.4. The number of rotatable bonds is 1. The Kier molecular flexibility index (Phi) is 3.15. The van der Waals surface area contributed by atoms with Crippen molar-refractivity contribution in [3.8, 4) is 11.8 Å². The second-order valence-corrected chi connectivity index (χ2v) is 3.21. The molecule has 0 fully saturated rings. The molecule has 0 saturated heterocycles. The summed E-state index contributed by atoms with van der Waals surface area (Å²) in [6, 6.07) is 4.95. The van der Waals surface area contributed by atoms with Crippen molar-refractivity contribution in [2.45, 2.75) is 18.7 Å². The molecule has 1 aromatic rings. The van der Waals surface area contributed by atoms with Gasteiger partial charge in [0.05, 0.1) is 0 Å². The summed E-state index contributed by atoms with van der Waals surface area (Å²) in [6.07, 6.45) is -4.87. The number of hydrogen-bond acceptors (Lipinski definition) is 2. The number of nitrogen functional groups attached to an aromatic ring is 1. The minimum atomic E-state index is -4.87. The van der Waals surface area contributed by atoms with E-state index in [1.807, 2.05) is 0 Å². The van der Waals surface area contributed by atoms with E-state index in [4.69, 9.17) is 5.73 Å². The minimum absolute atomic E-state index is 0.137. The highest BCUT2D eigenvalue weighted by Gasteiger charge is 2.54. The Morgan fingerprint density at radius 2 is 1.94 bits per heavy atom. The third-order valence-corrected chi connectivity index (χ3v) is 2.02. The fourth-order valence-electron chi connectivity index (χ4n) is 1.25. The van der Waals surface area contributed by atoms with E-state index < -0.39 is 11.8 Å². The Balaban J connectivity index is 3.37. The van der Waals surface area contributed by atoms with Gasteiger partial charge in [-0.15, -0.1) is 5.92 Å². The molecule has 5 heteroatoms. The molecule has 1 atom stereocenters. The molecule has 1 rings (SSSR count). The first-order valence-electron chi connectivity index (χ1n) is 4.40. The predicted octanol–water partition coefficient (Wildman–Crippen LogP) is 2.04. The smallest absolute Gasteiger partial charge is 0.399 e. The van der Waals surface area contributed by atoms with Crippen molar-refractivity contribution in [1.29, 1.82) is 0 Å². The normalized spacial score (nSPS) is 14.8. The van der Waals surface area contributed by atoms with E-state index >= 15 is 0 Å². The van der Waals surface area contributed by atoms with Crippen LogP contribution in [0.15, 0.2) is 24.3 Å². The maximum Gasteiger partial charge on any atom is 0.433 e. The number of halogens is 3. The summed E-state index contributed by atoms with van der Waals surface area (Å²) in [6.45, 7) is 1.23. The van der Waals surface area contributed by atoms with Gasteiger partial charge < -0.3 is 10.8 Å². The monoisotopic (exact) mass is 229 g/mol. The Labute approximate surface area is 90.9 Å². The summed E-state index contributed by atoms with van der Waals surface area (Å²) in [7, 11) is 0. The Morgan fingerprint density at radius 3 is 2.38 bits per heavy atom. The van der Waals surface area contributed by atoms with Gasteiger partial charge in [-0.1, -0.05) is 18.1 Å². The highest BCUT2D eigenvalue weighted by atomic mass is 19.4. The highest BCUT2D eigenvalue weighted by molar-refractivity contribution is 5.45. The van der Waals surface area contributed by atoms with Gasteiger partial charge in [0.2, 0.25) is 5.60 Å². The van der Waals surface area contributed by atoms with E-state index in [0.29, 0.717) is 0 Å². The summed E-state index contributed by atoms with van der Waals surface area (Å²) >= 11 is 0. The minimum Gasteiger partial charge on any atom is -0.399 e. The van der Waals surface area contributed by atoms with Crippen LogP contribution in [0.3, 0.4) is 0 Å². The summed E-state index contributed by atoms with van der Waals surface area (Å²) in [5.41, 5.74) is 1.96. The molecule has 0 aromatic heterocycles. The fraction of sp³-hybridized carbons (Fsp3) is 0.273.